The first-order valence-electron chi connectivity index (χ1n) is 5.36. The smallest absolute Gasteiger partial charge is 0.159 e. The van der Waals surface area contributed by atoms with E-state index in [1.54, 1.807) is 7.11 Å². The van der Waals surface area contributed by atoms with Crippen molar-refractivity contribution >= 4 is 5.69 Å². The normalized spacial score (nSPS) is 10.3. The lowest BCUT2D eigenvalue weighted by Crippen LogP contribution is -1.97. The van der Waals surface area contributed by atoms with Crippen LogP contribution in [-0.4, -0.2) is 17.1 Å². The highest BCUT2D eigenvalue weighted by Gasteiger charge is 2.06. The zero-order chi connectivity index (χ0) is 12.4. The first-order valence-corrected chi connectivity index (χ1v) is 5.36. The second-order valence-corrected chi connectivity index (χ2v) is 3.93. The molecule has 17 heavy (non-hydrogen) atoms. The van der Waals surface area contributed by atoms with Crippen molar-refractivity contribution in [2.75, 3.05) is 12.8 Å². The van der Waals surface area contributed by atoms with Crippen LogP contribution in [0.4, 0.5) is 5.69 Å². The molecule has 1 heterocycles. The van der Waals surface area contributed by atoms with Gasteiger partial charge in [-0.15, -0.1) is 0 Å². The van der Waals surface area contributed by atoms with E-state index in [1.165, 1.54) is 0 Å². The van der Waals surface area contributed by atoms with Crippen LogP contribution in [0.5, 0.6) is 5.75 Å². The van der Waals surface area contributed by atoms with Crippen LogP contribution in [0.2, 0.25) is 0 Å². The van der Waals surface area contributed by atoms with E-state index in [0.29, 0.717) is 17.3 Å². The zero-order valence-corrected chi connectivity index (χ0v) is 10.2. The number of hydrogen-bond acceptors (Lipinski definition) is 4. The molecule has 88 valence electrons. The molecule has 0 aliphatic carbocycles. The molecule has 0 saturated heterocycles. The van der Waals surface area contributed by atoms with E-state index in [1.807, 2.05) is 38.1 Å². The number of anilines is 1. The van der Waals surface area contributed by atoms with E-state index in [4.69, 9.17) is 10.5 Å². The minimum absolute atomic E-state index is 0.591. The molecule has 0 atom stereocenters. The number of hydrogen-bond donors (Lipinski definition) is 1. The minimum atomic E-state index is 0.591. The van der Waals surface area contributed by atoms with E-state index in [-0.39, 0.29) is 0 Å². The number of nitrogens with zero attached hydrogens (tertiary/aromatic N) is 2. The van der Waals surface area contributed by atoms with Crippen LogP contribution < -0.4 is 10.5 Å². The van der Waals surface area contributed by atoms with Crippen LogP contribution in [0.1, 0.15) is 11.4 Å². The average Bonchev–Trinajstić information content (AvgIpc) is 2.27. The molecule has 4 heteroatoms. The fraction of sp³-hybridized carbons (Fsp3) is 0.231. The molecule has 1 aromatic carbocycles. The molecule has 4 nitrogen and oxygen atoms in total. The fourth-order valence-electron chi connectivity index (χ4n) is 1.73. The van der Waals surface area contributed by atoms with Crippen LogP contribution in [-0.2, 0) is 0 Å². The van der Waals surface area contributed by atoms with Gasteiger partial charge in [0.15, 0.2) is 5.82 Å². The van der Waals surface area contributed by atoms with Crippen LogP contribution in [0.15, 0.2) is 24.3 Å². The van der Waals surface area contributed by atoms with Gasteiger partial charge in [0.1, 0.15) is 5.75 Å². The topological polar surface area (TPSA) is 61.0 Å². The highest BCUT2D eigenvalue weighted by atomic mass is 16.5. The van der Waals surface area contributed by atoms with Crippen LogP contribution in [0.3, 0.4) is 0 Å². The number of benzene rings is 1. The molecule has 0 aliphatic rings. The van der Waals surface area contributed by atoms with Crippen molar-refractivity contribution in [3.05, 3.63) is 35.7 Å². The van der Waals surface area contributed by atoms with Gasteiger partial charge in [0.25, 0.3) is 0 Å². The third kappa shape index (κ3) is 2.36. The lowest BCUT2D eigenvalue weighted by molar-refractivity contribution is 0.417. The molecule has 2 N–H and O–H groups in total. The molecule has 0 bridgehead atoms. The van der Waals surface area contributed by atoms with Crippen molar-refractivity contribution in [3.8, 4) is 17.1 Å². The molecule has 1 aromatic heterocycles. The molecule has 0 fully saturated rings. The van der Waals surface area contributed by atoms with Crippen molar-refractivity contribution in [3.63, 3.8) is 0 Å². The van der Waals surface area contributed by atoms with E-state index < -0.39 is 0 Å². The number of aryl methyl sites for hydroxylation is 2. The average molecular weight is 229 g/mol. The Labute approximate surface area is 100 Å². The van der Waals surface area contributed by atoms with Crippen molar-refractivity contribution in [1.29, 1.82) is 0 Å². The summed E-state index contributed by atoms with van der Waals surface area (Å²) in [5.41, 5.74) is 9.25. The van der Waals surface area contributed by atoms with Crippen molar-refractivity contribution < 1.29 is 4.74 Å². The maximum absolute atomic E-state index is 5.86. The van der Waals surface area contributed by atoms with Crippen molar-refractivity contribution in [2.24, 2.45) is 0 Å². The predicted molar refractivity (Wildman–Crippen MR) is 67.9 cm³/mol. The largest absolute Gasteiger partial charge is 0.495 e. The van der Waals surface area contributed by atoms with Gasteiger partial charge in [-0.2, -0.15) is 0 Å². The first kappa shape index (κ1) is 11.4. The molecular formula is C13H15N3O. The summed E-state index contributed by atoms with van der Waals surface area (Å²) in [6.45, 7) is 3.90. The Bertz CT molecular complexity index is 532. The van der Waals surface area contributed by atoms with Gasteiger partial charge >= 0.3 is 0 Å². The van der Waals surface area contributed by atoms with Crippen molar-refractivity contribution in [1.82, 2.24) is 9.97 Å². The van der Waals surface area contributed by atoms with Gasteiger partial charge in [-0.25, -0.2) is 9.97 Å². The van der Waals surface area contributed by atoms with E-state index in [2.05, 4.69) is 9.97 Å². The second kappa shape index (κ2) is 4.41. The summed E-state index contributed by atoms with van der Waals surface area (Å²) in [5, 5.41) is 0. The summed E-state index contributed by atoms with van der Waals surface area (Å²) in [6, 6.07) is 7.50. The number of nitrogen functional groups attached to an aromatic ring is 1. The molecule has 0 spiro atoms. The molecule has 0 saturated carbocycles. The predicted octanol–water partition coefficient (Wildman–Crippen LogP) is 2.35. The Kier molecular flexibility index (Phi) is 2.95. The molecule has 0 unspecified atom stereocenters. The molecule has 2 rings (SSSR count). The number of aromatic nitrogens is 2. The highest BCUT2D eigenvalue weighted by Crippen LogP contribution is 2.26. The lowest BCUT2D eigenvalue weighted by Gasteiger charge is -2.07. The standard InChI is InChI=1S/C13H15N3O/c1-8-6-9(2)16-13(15-8)10-4-5-12(17-3)11(14)7-10/h4-7H,14H2,1-3H3. The third-order valence-corrected chi connectivity index (χ3v) is 2.47. The van der Waals surface area contributed by atoms with E-state index in [0.717, 1.165) is 17.0 Å². The Balaban J connectivity index is 2.49. The minimum Gasteiger partial charge on any atom is -0.495 e. The lowest BCUT2D eigenvalue weighted by atomic mass is 10.1. The quantitative estimate of drug-likeness (QED) is 0.803. The molecule has 0 amide bonds. The van der Waals surface area contributed by atoms with Crippen LogP contribution in [0.25, 0.3) is 11.4 Å². The number of nitrogens with two attached hydrogens (primary N) is 1. The van der Waals surface area contributed by atoms with Crippen LogP contribution in [0, 0.1) is 13.8 Å². The Morgan fingerprint density at radius 2 is 1.71 bits per heavy atom. The van der Waals surface area contributed by atoms with E-state index >= 15 is 0 Å². The van der Waals surface area contributed by atoms with Gasteiger partial charge in [0, 0.05) is 17.0 Å². The molecular weight excluding hydrogens is 214 g/mol. The number of methoxy groups -OCH3 is 1. The summed E-state index contributed by atoms with van der Waals surface area (Å²) in [5.74, 6) is 1.36. The Morgan fingerprint density at radius 3 is 2.24 bits per heavy atom. The van der Waals surface area contributed by atoms with Crippen molar-refractivity contribution in [2.45, 2.75) is 13.8 Å². The maximum Gasteiger partial charge on any atom is 0.159 e. The third-order valence-electron chi connectivity index (χ3n) is 2.47. The van der Waals surface area contributed by atoms with Gasteiger partial charge in [-0.1, -0.05) is 0 Å². The molecule has 0 aliphatic heterocycles. The summed E-state index contributed by atoms with van der Waals surface area (Å²) in [4.78, 5) is 8.79. The van der Waals surface area contributed by atoms with Crippen LogP contribution >= 0.6 is 0 Å². The number of ether oxygens (including phenoxy) is 1. The Morgan fingerprint density at radius 1 is 1.06 bits per heavy atom. The van der Waals surface area contributed by atoms with E-state index in [9.17, 15) is 0 Å². The second-order valence-electron chi connectivity index (χ2n) is 3.93. The fourth-order valence-corrected chi connectivity index (χ4v) is 1.73. The summed E-state index contributed by atoms with van der Waals surface area (Å²) in [7, 11) is 1.60. The van der Waals surface area contributed by atoms with Gasteiger partial charge < -0.3 is 10.5 Å². The Hall–Kier alpha value is -2.10. The summed E-state index contributed by atoms with van der Waals surface area (Å²) in [6.07, 6.45) is 0. The molecule has 2 aromatic rings. The highest BCUT2D eigenvalue weighted by molar-refractivity contribution is 5.66. The zero-order valence-electron chi connectivity index (χ0n) is 10.2. The maximum atomic E-state index is 5.86. The van der Waals surface area contributed by atoms with Gasteiger partial charge in [-0.3, -0.25) is 0 Å². The van der Waals surface area contributed by atoms with Gasteiger partial charge in [0.2, 0.25) is 0 Å². The monoisotopic (exact) mass is 229 g/mol. The SMILES string of the molecule is COc1ccc(-c2nc(C)cc(C)n2)cc1N. The van der Waals surface area contributed by atoms with Gasteiger partial charge in [0.05, 0.1) is 12.8 Å². The number of rotatable bonds is 2. The first-order chi connectivity index (χ1) is 8.10. The summed E-state index contributed by atoms with van der Waals surface area (Å²) < 4.78 is 5.12. The van der Waals surface area contributed by atoms with Gasteiger partial charge in [-0.05, 0) is 38.1 Å². The summed E-state index contributed by atoms with van der Waals surface area (Å²) >= 11 is 0. The molecule has 0 radical (unpaired) electrons.